The molecule has 1 saturated heterocycles. The van der Waals surface area contributed by atoms with E-state index < -0.39 is 0 Å². The summed E-state index contributed by atoms with van der Waals surface area (Å²) in [5.41, 5.74) is 3.80. The lowest BCUT2D eigenvalue weighted by Crippen LogP contribution is -2.38. The zero-order valence-corrected chi connectivity index (χ0v) is 22.3. The van der Waals surface area contributed by atoms with E-state index in [-0.39, 0.29) is 24.1 Å². The number of pyridine rings is 1. The number of likely N-dealkylation sites (tertiary alicyclic amines) is 1. The largest absolute Gasteiger partial charge is 0.337 e. The van der Waals surface area contributed by atoms with Crippen LogP contribution in [0.15, 0.2) is 84.0 Å². The number of rotatable bonds is 7. The second-order valence-electron chi connectivity index (χ2n) is 9.30. The third kappa shape index (κ3) is 5.83. The van der Waals surface area contributed by atoms with Crippen LogP contribution >= 0.6 is 15.9 Å². The number of anilines is 1. The molecule has 1 fully saturated rings. The Morgan fingerprint density at radius 1 is 1.00 bits per heavy atom. The van der Waals surface area contributed by atoms with E-state index in [1.807, 2.05) is 41.3 Å². The van der Waals surface area contributed by atoms with Crippen molar-refractivity contribution in [2.24, 2.45) is 0 Å². The molecule has 5 rings (SSSR count). The number of hydrogen-bond donors (Lipinski definition) is 1. The highest BCUT2D eigenvalue weighted by atomic mass is 79.9. The van der Waals surface area contributed by atoms with E-state index >= 15 is 0 Å². The Kier molecular flexibility index (Phi) is 7.93. The summed E-state index contributed by atoms with van der Waals surface area (Å²) >= 11 is 3.18. The number of carbonyl (C=O) groups excluding carboxylic acids is 2. The number of aromatic nitrogens is 3. The molecule has 1 aliphatic heterocycles. The molecule has 0 spiro atoms. The number of aryl methyl sites for hydroxylation is 1. The molecule has 194 valence electrons. The molecule has 2 amide bonds. The summed E-state index contributed by atoms with van der Waals surface area (Å²) in [5, 5.41) is 2.89. The topological polar surface area (TPSA) is 80.1 Å². The highest BCUT2D eigenvalue weighted by Crippen LogP contribution is 2.30. The van der Waals surface area contributed by atoms with Crippen LogP contribution in [0.3, 0.4) is 0 Å². The Morgan fingerprint density at radius 2 is 1.74 bits per heavy atom. The van der Waals surface area contributed by atoms with Gasteiger partial charge in [-0.1, -0.05) is 24.3 Å². The van der Waals surface area contributed by atoms with Gasteiger partial charge in [-0.2, -0.15) is 0 Å². The van der Waals surface area contributed by atoms with E-state index in [1.165, 1.54) is 5.56 Å². The minimum absolute atomic E-state index is 0.0291. The van der Waals surface area contributed by atoms with Crippen molar-refractivity contribution in [1.82, 2.24) is 19.4 Å². The lowest BCUT2D eigenvalue weighted by molar-refractivity contribution is -0.116. The maximum atomic E-state index is 14.1. The highest BCUT2D eigenvalue weighted by molar-refractivity contribution is 9.10. The molecule has 9 heteroatoms. The number of carbonyl (C=O) groups is 2. The van der Waals surface area contributed by atoms with E-state index in [9.17, 15) is 14.0 Å². The fourth-order valence-corrected chi connectivity index (χ4v) is 5.20. The molecule has 0 aliphatic carbocycles. The SMILES string of the molecule is O=C(CCc1cccc(Br)c1F)Nc1ccc(C2CCN(C(=O)c3cncn3-c3ccncc3)CC2)cc1. The Labute approximate surface area is 228 Å². The van der Waals surface area contributed by atoms with Gasteiger partial charge in [-0.05, 0) is 82.6 Å². The molecule has 2 aromatic heterocycles. The molecule has 4 aromatic rings. The monoisotopic (exact) mass is 575 g/mol. The Morgan fingerprint density at radius 3 is 2.47 bits per heavy atom. The summed E-state index contributed by atoms with van der Waals surface area (Å²) in [6.07, 6.45) is 8.88. The molecule has 0 atom stereocenters. The fourth-order valence-electron chi connectivity index (χ4n) is 4.79. The second kappa shape index (κ2) is 11.7. The van der Waals surface area contributed by atoms with Gasteiger partial charge in [0.05, 0.1) is 22.7 Å². The fraction of sp³-hybridized carbons (Fsp3) is 0.241. The van der Waals surface area contributed by atoms with Crippen LogP contribution in [0.1, 0.15) is 46.8 Å². The van der Waals surface area contributed by atoms with Gasteiger partial charge >= 0.3 is 0 Å². The van der Waals surface area contributed by atoms with Crippen LogP contribution in [0.4, 0.5) is 10.1 Å². The predicted molar refractivity (Wildman–Crippen MR) is 147 cm³/mol. The number of nitrogens with zero attached hydrogens (tertiary/aromatic N) is 4. The quantitative estimate of drug-likeness (QED) is 0.304. The second-order valence-corrected chi connectivity index (χ2v) is 10.2. The van der Waals surface area contributed by atoms with Crippen molar-refractivity contribution >= 4 is 33.4 Å². The van der Waals surface area contributed by atoms with Crippen molar-refractivity contribution < 1.29 is 14.0 Å². The smallest absolute Gasteiger partial charge is 0.272 e. The zero-order chi connectivity index (χ0) is 26.5. The molecule has 0 bridgehead atoms. The molecule has 7 nitrogen and oxygen atoms in total. The summed E-state index contributed by atoms with van der Waals surface area (Å²) in [5.74, 6) is -0.168. The first-order chi connectivity index (χ1) is 18.5. The van der Waals surface area contributed by atoms with Gasteiger partial charge in [0.15, 0.2) is 0 Å². The Bertz CT molecular complexity index is 1420. The maximum Gasteiger partial charge on any atom is 0.272 e. The van der Waals surface area contributed by atoms with Crippen molar-refractivity contribution in [3.05, 3.63) is 107 Å². The first-order valence-corrected chi connectivity index (χ1v) is 13.3. The summed E-state index contributed by atoms with van der Waals surface area (Å²) in [6, 6.07) is 16.7. The van der Waals surface area contributed by atoms with Crippen molar-refractivity contribution in [3.63, 3.8) is 0 Å². The first-order valence-electron chi connectivity index (χ1n) is 12.5. The summed E-state index contributed by atoms with van der Waals surface area (Å²) < 4.78 is 16.3. The number of amides is 2. The lowest BCUT2D eigenvalue weighted by atomic mass is 9.89. The van der Waals surface area contributed by atoms with Gasteiger partial charge in [0, 0.05) is 37.6 Å². The standard InChI is InChI=1S/C29H27BrFN5O2/c30-25-3-1-2-22(28(25)31)6-9-27(37)34-23-7-4-20(5-8-23)21-12-16-35(17-13-21)29(38)26-18-33-19-36(26)24-10-14-32-15-11-24/h1-5,7-8,10-11,14-15,18-19,21H,6,9,12-13,16-17H2,(H,34,37). The average molecular weight is 576 g/mol. The van der Waals surface area contributed by atoms with E-state index in [1.54, 1.807) is 47.7 Å². The molecule has 1 N–H and O–H groups in total. The third-order valence-corrected chi connectivity index (χ3v) is 7.51. The van der Waals surface area contributed by atoms with Gasteiger partial charge in [-0.25, -0.2) is 9.37 Å². The summed E-state index contributed by atoms with van der Waals surface area (Å²) in [7, 11) is 0. The number of piperidine rings is 1. The minimum Gasteiger partial charge on any atom is -0.337 e. The number of imidazole rings is 1. The molecule has 38 heavy (non-hydrogen) atoms. The van der Waals surface area contributed by atoms with Crippen LogP contribution in [0, 0.1) is 5.82 Å². The van der Waals surface area contributed by atoms with Crippen LogP contribution in [-0.2, 0) is 11.2 Å². The van der Waals surface area contributed by atoms with Crippen molar-refractivity contribution in [2.75, 3.05) is 18.4 Å². The van der Waals surface area contributed by atoms with E-state index in [4.69, 9.17) is 0 Å². The Hall–Kier alpha value is -3.85. The number of hydrogen-bond acceptors (Lipinski definition) is 4. The zero-order valence-electron chi connectivity index (χ0n) is 20.7. The van der Waals surface area contributed by atoms with Gasteiger partial charge in [-0.15, -0.1) is 0 Å². The molecule has 0 unspecified atom stereocenters. The van der Waals surface area contributed by atoms with Crippen LogP contribution < -0.4 is 5.32 Å². The lowest BCUT2D eigenvalue weighted by Gasteiger charge is -2.32. The molecule has 0 radical (unpaired) electrons. The summed E-state index contributed by atoms with van der Waals surface area (Å²) in [4.78, 5) is 35.7. The third-order valence-electron chi connectivity index (χ3n) is 6.90. The van der Waals surface area contributed by atoms with Crippen molar-refractivity contribution in [3.8, 4) is 5.69 Å². The Balaban J connectivity index is 1.13. The number of nitrogens with one attached hydrogen (secondary N) is 1. The number of halogens is 2. The van der Waals surface area contributed by atoms with E-state index in [0.717, 1.165) is 18.5 Å². The van der Waals surface area contributed by atoms with Gasteiger partial charge in [-0.3, -0.25) is 19.1 Å². The number of benzene rings is 2. The van der Waals surface area contributed by atoms with Crippen molar-refractivity contribution in [2.45, 2.75) is 31.6 Å². The van der Waals surface area contributed by atoms with Crippen LogP contribution in [0.5, 0.6) is 0 Å². The molecular weight excluding hydrogens is 549 g/mol. The molecule has 3 heterocycles. The van der Waals surface area contributed by atoms with Gasteiger partial charge < -0.3 is 10.2 Å². The molecule has 2 aromatic carbocycles. The first kappa shape index (κ1) is 25.8. The van der Waals surface area contributed by atoms with Gasteiger partial charge in [0.1, 0.15) is 11.5 Å². The van der Waals surface area contributed by atoms with Gasteiger partial charge in [0.2, 0.25) is 5.91 Å². The van der Waals surface area contributed by atoms with Crippen molar-refractivity contribution in [1.29, 1.82) is 0 Å². The van der Waals surface area contributed by atoms with Crippen LogP contribution in [0.2, 0.25) is 0 Å². The average Bonchev–Trinajstić information content (AvgIpc) is 3.45. The van der Waals surface area contributed by atoms with Crippen LogP contribution in [0.25, 0.3) is 5.69 Å². The maximum absolute atomic E-state index is 14.1. The van der Waals surface area contributed by atoms with E-state index in [2.05, 4.69) is 31.2 Å². The predicted octanol–water partition coefficient (Wildman–Crippen LogP) is 5.76. The highest BCUT2D eigenvalue weighted by Gasteiger charge is 2.26. The molecular formula is C29H27BrFN5O2. The minimum atomic E-state index is -0.322. The van der Waals surface area contributed by atoms with Gasteiger partial charge in [0.25, 0.3) is 5.91 Å². The molecule has 1 aliphatic rings. The molecule has 0 saturated carbocycles. The normalized spacial score (nSPS) is 13.9. The van der Waals surface area contributed by atoms with E-state index in [0.29, 0.717) is 46.8 Å². The summed E-state index contributed by atoms with van der Waals surface area (Å²) in [6.45, 7) is 1.32. The van der Waals surface area contributed by atoms with Crippen LogP contribution in [-0.4, -0.2) is 44.3 Å².